The van der Waals surface area contributed by atoms with Crippen LogP contribution in [0.5, 0.6) is 0 Å². The van der Waals surface area contributed by atoms with Gasteiger partial charge in [-0.05, 0) is 25.8 Å². The molecule has 1 rings (SSSR count). The third kappa shape index (κ3) is 7.21. The molecule has 104 valence electrons. The zero-order valence-electron chi connectivity index (χ0n) is 10.4. The van der Waals surface area contributed by atoms with Crippen LogP contribution in [0.2, 0.25) is 0 Å². The Kier molecular flexibility index (Phi) is 8.32. The summed E-state index contributed by atoms with van der Waals surface area (Å²) >= 11 is 0. The minimum atomic E-state index is -3.05. The van der Waals surface area contributed by atoms with Crippen molar-refractivity contribution in [2.45, 2.75) is 31.7 Å². The average molecular weight is 286 g/mol. The minimum Gasteiger partial charge on any atom is -0.329 e. The van der Waals surface area contributed by atoms with Crippen molar-refractivity contribution in [3.05, 3.63) is 0 Å². The Morgan fingerprint density at radius 3 is 2.71 bits per heavy atom. The molecule has 0 aliphatic carbocycles. The van der Waals surface area contributed by atoms with Crippen molar-refractivity contribution in [2.75, 3.05) is 32.4 Å². The average Bonchev–Trinajstić information content (AvgIpc) is 2.19. The quantitative estimate of drug-likeness (QED) is 0.729. The van der Waals surface area contributed by atoms with E-state index in [-0.39, 0.29) is 12.4 Å². The van der Waals surface area contributed by atoms with Crippen LogP contribution in [0.3, 0.4) is 0 Å². The molecule has 1 atom stereocenters. The van der Waals surface area contributed by atoms with E-state index in [9.17, 15) is 8.42 Å². The topological polar surface area (TPSA) is 75.4 Å². The second kappa shape index (κ2) is 8.26. The van der Waals surface area contributed by atoms with Gasteiger partial charge in [0.05, 0.1) is 6.26 Å². The fourth-order valence-electron chi connectivity index (χ4n) is 2.26. The zero-order chi connectivity index (χ0) is 12.0. The predicted octanol–water partition coefficient (Wildman–Crippen LogP) is 0.161. The number of nitrogens with two attached hydrogens (primary N) is 1. The van der Waals surface area contributed by atoms with Gasteiger partial charge in [-0.15, -0.1) is 12.4 Å². The SMILES string of the molecule is CS(=O)(=O)NCCC1CCCCN1CCN.Cl. The van der Waals surface area contributed by atoms with E-state index in [4.69, 9.17) is 5.73 Å². The third-order valence-corrected chi connectivity index (χ3v) is 3.74. The minimum absolute atomic E-state index is 0. The summed E-state index contributed by atoms with van der Waals surface area (Å²) in [7, 11) is -3.05. The molecule has 0 amide bonds. The lowest BCUT2D eigenvalue weighted by Gasteiger charge is -2.35. The monoisotopic (exact) mass is 285 g/mol. The van der Waals surface area contributed by atoms with E-state index in [1.807, 2.05) is 0 Å². The maximum atomic E-state index is 10.9. The molecule has 1 fully saturated rings. The molecule has 0 radical (unpaired) electrons. The summed E-state index contributed by atoms with van der Waals surface area (Å²) in [6.45, 7) is 3.23. The van der Waals surface area contributed by atoms with Crippen LogP contribution in [0.1, 0.15) is 25.7 Å². The number of halogens is 1. The largest absolute Gasteiger partial charge is 0.329 e. The maximum Gasteiger partial charge on any atom is 0.208 e. The molecule has 0 saturated carbocycles. The number of piperidine rings is 1. The number of sulfonamides is 1. The molecule has 0 aromatic rings. The van der Waals surface area contributed by atoms with Crippen LogP contribution in [0.25, 0.3) is 0 Å². The molecule has 1 aliphatic heterocycles. The maximum absolute atomic E-state index is 10.9. The standard InChI is InChI=1S/C10H23N3O2S.ClH/c1-16(14,15)12-7-5-10-4-2-3-8-13(10)9-6-11;/h10,12H,2-9,11H2,1H3;1H. The summed E-state index contributed by atoms with van der Waals surface area (Å²) in [5, 5.41) is 0. The second-order valence-corrected chi connectivity index (χ2v) is 6.26. The van der Waals surface area contributed by atoms with Crippen LogP contribution < -0.4 is 10.5 Å². The molecule has 0 aromatic heterocycles. The van der Waals surface area contributed by atoms with Gasteiger partial charge in [-0.2, -0.15) is 0 Å². The molecule has 17 heavy (non-hydrogen) atoms. The van der Waals surface area contributed by atoms with Gasteiger partial charge < -0.3 is 5.73 Å². The van der Waals surface area contributed by atoms with Gasteiger partial charge in [-0.1, -0.05) is 6.42 Å². The van der Waals surface area contributed by atoms with Crippen LogP contribution in [0.4, 0.5) is 0 Å². The third-order valence-electron chi connectivity index (χ3n) is 3.01. The van der Waals surface area contributed by atoms with Crippen LogP contribution in [0, 0.1) is 0 Å². The van der Waals surface area contributed by atoms with Crippen molar-refractivity contribution >= 4 is 22.4 Å². The molecule has 7 heteroatoms. The Balaban J connectivity index is 0.00000256. The van der Waals surface area contributed by atoms with Crippen molar-refractivity contribution in [3.8, 4) is 0 Å². The smallest absolute Gasteiger partial charge is 0.208 e. The Labute approximate surface area is 111 Å². The van der Waals surface area contributed by atoms with Gasteiger partial charge >= 0.3 is 0 Å². The number of hydrogen-bond acceptors (Lipinski definition) is 4. The summed E-state index contributed by atoms with van der Waals surface area (Å²) in [6.07, 6.45) is 5.71. The summed E-state index contributed by atoms with van der Waals surface area (Å²) in [5.74, 6) is 0. The molecular formula is C10H24ClN3O2S. The van der Waals surface area contributed by atoms with Crippen molar-refractivity contribution in [2.24, 2.45) is 5.73 Å². The highest BCUT2D eigenvalue weighted by atomic mass is 35.5. The first kappa shape index (κ1) is 17.1. The van der Waals surface area contributed by atoms with E-state index < -0.39 is 10.0 Å². The van der Waals surface area contributed by atoms with E-state index >= 15 is 0 Å². The predicted molar refractivity (Wildman–Crippen MR) is 73.0 cm³/mol. The molecule has 1 saturated heterocycles. The van der Waals surface area contributed by atoms with E-state index in [1.165, 1.54) is 19.1 Å². The zero-order valence-corrected chi connectivity index (χ0v) is 12.0. The molecule has 0 spiro atoms. The number of rotatable bonds is 6. The van der Waals surface area contributed by atoms with Crippen LogP contribution >= 0.6 is 12.4 Å². The number of hydrogen-bond donors (Lipinski definition) is 2. The first-order chi connectivity index (χ1) is 7.53. The lowest BCUT2D eigenvalue weighted by atomic mass is 9.99. The lowest BCUT2D eigenvalue weighted by Crippen LogP contribution is -2.43. The fraction of sp³-hybridized carbons (Fsp3) is 1.00. The highest BCUT2D eigenvalue weighted by molar-refractivity contribution is 7.88. The van der Waals surface area contributed by atoms with Crippen molar-refractivity contribution in [1.82, 2.24) is 9.62 Å². The molecule has 5 nitrogen and oxygen atoms in total. The van der Waals surface area contributed by atoms with E-state index in [0.717, 1.165) is 25.9 Å². The highest BCUT2D eigenvalue weighted by Crippen LogP contribution is 2.18. The fourth-order valence-corrected chi connectivity index (χ4v) is 2.75. The Bertz CT molecular complexity index is 296. The summed E-state index contributed by atoms with van der Waals surface area (Å²) in [4.78, 5) is 2.38. The van der Waals surface area contributed by atoms with Gasteiger partial charge in [-0.25, -0.2) is 13.1 Å². The highest BCUT2D eigenvalue weighted by Gasteiger charge is 2.21. The van der Waals surface area contributed by atoms with Gasteiger partial charge in [0.15, 0.2) is 0 Å². The van der Waals surface area contributed by atoms with Crippen LogP contribution in [-0.4, -0.2) is 51.8 Å². The number of nitrogens with one attached hydrogen (secondary N) is 1. The molecule has 1 heterocycles. The van der Waals surface area contributed by atoms with E-state index in [2.05, 4.69) is 9.62 Å². The van der Waals surface area contributed by atoms with Gasteiger partial charge in [0.1, 0.15) is 0 Å². The van der Waals surface area contributed by atoms with Gasteiger partial charge in [-0.3, -0.25) is 4.90 Å². The van der Waals surface area contributed by atoms with Crippen molar-refractivity contribution in [3.63, 3.8) is 0 Å². The normalized spacial score (nSPS) is 22.1. The summed E-state index contributed by atoms with van der Waals surface area (Å²) < 4.78 is 24.4. The lowest BCUT2D eigenvalue weighted by molar-refractivity contribution is 0.145. The van der Waals surface area contributed by atoms with Gasteiger partial charge in [0, 0.05) is 25.7 Å². The number of likely N-dealkylation sites (tertiary alicyclic amines) is 1. The summed E-state index contributed by atoms with van der Waals surface area (Å²) in [6, 6.07) is 0.492. The van der Waals surface area contributed by atoms with Gasteiger partial charge in [0.25, 0.3) is 0 Å². The van der Waals surface area contributed by atoms with E-state index in [1.54, 1.807) is 0 Å². The molecule has 0 aromatic carbocycles. The molecule has 3 N–H and O–H groups in total. The van der Waals surface area contributed by atoms with Crippen molar-refractivity contribution in [1.29, 1.82) is 0 Å². The van der Waals surface area contributed by atoms with Gasteiger partial charge in [0.2, 0.25) is 10.0 Å². The second-order valence-electron chi connectivity index (χ2n) is 4.43. The molecule has 1 unspecified atom stereocenters. The number of nitrogens with zero attached hydrogens (tertiary/aromatic N) is 1. The molecule has 0 bridgehead atoms. The molecule has 1 aliphatic rings. The van der Waals surface area contributed by atoms with E-state index in [0.29, 0.717) is 19.1 Å². The Morgan fingerprint density at radius 2 is 2.12 bits per heavy atom. The Hall–Kier alpha value is 0.120. The van der Waals surface area contributed by atoms with Crippen molar-refractivity contribution < 1.29 is 8.42 Å². The first-order valence-corrected chi connectivity index (χ1v) is 7.81. The van der Waals surface area contributed by atoms with Crippen LogP contribution in [-0.2, 0) is 10.0 Å². The van der Waals surface area contributed by atoms with Crippen LogP contribution in [0.15, 0.2) is 0 Å². The molecular weight excluding hydrogens is 262 g/mol. The first-order valence-electron chi connectivity index (χ1n) is 5.91. The Morgan fingerprint density at radius 1 is 1.41 bits per heavy atom. The summed E-state index contributed by atoms with van der Waals surface area (Å²) in [5.41, 5.74) is 5.57.